The lowest BCUT2D eigenvalue weighted by molar-refractivity contribution is -0.286. The number of halogens is 2. The number of aryl methyl sites for hydroxylation is 2. The van der Waals surface area contributed by atoms with Crippen molar-refractivity contribution in [2.24, 2.45) is 7.05 Å². The quantitative estimate of drug-likeness (QED) is 0.896. The highest BCUT2D eigenvalue weighted by Gasteiger charge is 2.43. The Bertz CT molecular complexity index is 772. The Labute approximate surface area is 136 Å². The molecule has 0 fully saturated rings. The van der Waals surface area contributed by atoms with Crippen LogP contribution in [0.2, 0.25) is 0 Å². The molecular weight excluding hydrogens is 322 g/mol. The second kappa shape index (κ2) is 5.66. The van der Waals surface area contributed by atoms with Gasteiger partial charge in [-0.25, -0.2) is 0 Å². The number of hydrogen-bond acceptors (Lipinski definition) is 5. The van der Waals surface area contributed by atoms with Crippen LogP contribution in [0.3, 0.4) is 0 Å². The van der Waals surface area contributed by atoms with Crippen LogP contribution in [0.4, 0.5) is 20.3 Å². The normalized spacial score (nSPS) is 15.9. The average Bonchev–Trinajstić information content (AvgIpc) is 2.95. The topological polar surface area (TPSA) is 77.4 Å². The molecule has 0 radical (unpaired) electrons. The lowest BCUT2D eigenvalue weighted by Gasteiger charge is -2.13. The summed E-state index contributed by atoms with van der Waals surface area (Å²) in [5.41, 5.74) is 1.27. The lowest BCUT2D eigenvalue weighted by Crippen LogP contribution is -2.32. The highest BCUT2D eigenvalue weighted by molar-refractivity contribution is 5.96. The summed E-state index contributed by atoms with van der Waals surface area (Å²) >= 11 is 0. The second-order valence-electron chi connectivity index (χ2n) is 5.48. The molecule has 0 bridgehead atoms. The number of nitrogens with one attached hydrogen (secondary N) is 2. The number of anilines is 2. The predicted molar refractivity (Wildman–Crippen MR) is 82.3 cm³/mol. The third kappa shape index (κ3) is 3.24. The van der Waals surface area contributed by atoms with Crippen LogP contribution in [-0.2, 0) is 11.8 Å². The van der Waals surface area contributed by atoms with Crippen LogP contribution in [0.5, 0.6) is 11.5 Å². The summed E-state index contributed by atoms with van der Waals surface area (Å²) in [6.07, 6.45) is -3.68. The van der Waals surface area contributed by atoms with Crippen molar-refractivity contribution in [1.82, 2.24) is 9.78 Å². The molecule has 1 aliphatic heterocycles. The molecule has 1 aromatic carbocycles. The van der Waals surface area contributed by atoms with Crippen molar-refractivity contribution in [3.63, 3.8) is 0 Å². The van der Waals surface area contributed by atoms with Crippen LogP contribution in [0.25, 0.3) is 0 Å². The van der Waals surface area contributed by atoms with E-state index in [9.17, 15) is 13.6 Å². The molecule has 3 rings (SSSR count). The lowest BCUT2D eigenvalue weighted by atomic mass is 10.2. The molecule has 1 aromatic heterocycles. The predicted octanol–water partition coefficient (Wildman–Crippen LogP) is 2.49. The van der Waals surface area contributed by atoms with Crippen LogP contribution in [0.1, 0.15) is 12.6 Å². The van der Waals surface area contributed by atoms with Gasteiger partial charge in [-0.15, -0.1) is 8.78 Å². The maximum Gasteiger partial charge on any atom is 0.586 e. The number of rotatable bonds is 4. The van der Waals surface area contributed by atoms with Gasteiger partial charge in [-0.3, -0.25) is 9.48 Å². The van der Waals surface area contributed by atoms with Crippen LogP contribution in [0.15, 0.2) is 24.3 Å². The highest BCUT2D eigenvalue weighted by atomic mass is 19.3. The van der Waals surface area contributed by atoms with Gasteiger partial charge in [-0.1, -0.05) is 0 Å². The van der Waals surface area contributed by atoms with Crippen molar-refractivity contribution in [1.29, 1.82) is 0 Å². The fourth-order valence-corrected chi connectivity index (χ4v) is 2.20. The number of fused-ring (bicyclic) bond motifs is 1. The number of ether oxygens (including phenoxy) is 2. The largest absolute Gasteiger partial charge is 0.586 e. The molecule has 0 spiro atoms. The molecule has 2 N–H and O–H groups in total. The first-order valence-corrected chi connectivity index (χ1v) is 7.21. The number of alkyl halides is 2. The van der Waals surface area contributed by atoms with Gasteiger partial charge >= 0.3 is 6.29 Å². The Morgan fingerprint density at radius 1 is 1.29 bits per heavy atom. The third-order valence-corrected chi connectivity index (χ3v) is 3.54. The van der Waals surface area contributed by atoms with Crippen LogP contribution in [0, 0.1) is 6.92 Å². The number of hydrogen-bond donors (Lipinski definition) is 2. The van der Waals surface area contributed by atoms with E-state index in [1.54, 1.807) is 18.7 Å². The zero-order chi connectivity index (χ0) is 17.5. The zero-order valence-corrected chi connectivity index (χ0v) is 13.3. The maximum absolute atomic E-state index is 13.0. The molecular formula is C15H16F2N4O3. The van der Waals surface area contributed by atoms with E-state index in [-0.39, 0.29) is 17.4 Å². The van der Waals surface area contributed by atoms with Crippen molar-refractivity contribution >= 4 is 17.4 Å². The van der Waals surface area contributed by atoms with E-state index in [2.05, 4.69) is 25.2 Å². The van der Waals surface area contributed by atoms with Gasteiger partial charge in [0.25, 0.3) is 0 Å². The number of amides is 1. The Hall–Kier alpha value is -2.84. The average molecular weight is 338 g/mol. The van der Waals surface area contributed by atoms with Crippen molar-refractivity contribution in [2.75, 3.05) is 10.6 Å². The standard InChI is InChI=1S/C15H16F2N4O3/c1-8-6-13(20-21(8)3)18-9(2)14(22)19-10-4-5-11-12(7-10)24-15(16,17)23-11/h4-7,9H,1-3H3,(H,18,20)(H,19,22). The summed E-state index contributed by atoms with van der Waals surface area (Å²) in [7, 11) is 1.80. The third-order valence-electron chi connectivity index (χ3n) is 3.54. The summed E-state index contributed by atoms with van der Waals surface area (Å²) < 4.78 is 36.3. The molecule has 128 valence electrons. The molecule has 0 aliphatic carbocycles. The first-order chi connectivity index (χ1) is 11.2. The molecule has 7 nitrogen and oxygen atoms in total. The number of nitrogens with zero attached hydrogens (tertiary/aromatic N) is 2. The number of benzene rings is 1. The summed E-state index contributed by atoms with van der Waals surface area (Å²) in [6.45, 7) is 3.56. The van der Waals surface area contributed by atoms with E-state index in [0.717, 1.165) is 5.69 Å². The molecule has 0 saturated heterocycles. The molecule has 0 saturated carbocycles. The molecule has 1 unspecified atom stereocenters. The van der Waals surface area contributed by atoms with Gasteiger partial charge in [0.1, 0.15) is 11.9 Å². The van der Waals surface area contributed by atoms with Crippen molar-refractivity contribution < 1.29 is 23.0 Å². The van der Waals surface area contributed by atoms with Crippen LogP contribution in [-0.4, -0.2) is 28.0 Å². The minimum absolute atomic E-state index is 0.0758. The number of carbonyl (C=O) groups excluding carboxylic acids is 1. The molecule has 2 aromatic rings. The number of aromatic nitrogens is 2. The first kappa shape index (κ1) is 16.0. The van der Waals surface area contributed by atoms with E-state index in [4.69, 9.17) is 0 Å². The van der Waals surface area contributed by atoms with Crippen molar-refractivity contribution in [2.45, 2.75) is 26.2 Å². The van der Waals surface area contributed by atoms with Crippen molar-refractivity contribution in [3.8, 4) is 11.5 Å². The Balaban J connectivity index is 1.65. The summed E-state index contributed by atoms with van der Waals surface area (Å²) in [5, 5.41) is 9.80. The first-order valence-electron chi connectivity index (χ1n) is 7.21. The minimum Gasteiger partial charge on any atom is -0.395 e. The SMILES string of the molecule is Cc1cc(NC(C)C(=O)Nc2ccc3c(c2)OC(F)(F)O3)nn1C. The van der Waals surface area contributed by atoms with Gasteiger partial charge in [-0.05, 0) is 26.0 Å². The van der Waals surface area contributed by atoms with E-state index < -0.39 is 12.3 Å². The van der Waals surface area contributed by atoms with Crippen molar-refractivity contribution in [3.05, 3.63) is 30.0 Å². The Kier molecular flexibility index (Phi) is 3.78. The zero-order valence-electron chi connectivity index (χ0n) is 13.3. The molecule has 1 amide bonds. The summed E-state index contributed by atoms with van der Waals surface area (Å²) in [5.74, 6) is 0.0267. The van der Waals surface area contributed by atoms with Gasteiger partial charge in [0.15, 0.2) is 11.5 Å². The van der Waals surface area contributed by atoms with Gasteiger partial charge < -0.3 is 20.1 Å². The van der Waals surface area contributed by atoms with Gasteiger partial charge in [0, 0.05) is 30.6 Å². The summed E-state index contributed by atoms with van der Waals surface area (Å²) in [4.78, 5) is 12.2. The fraction of sp³-hybridized carbons (Fsp3) is 0.333. The van der Waals surface area contributed by atoms with E-state index >= 15 is 0 Å². The Morgan fingerprint density at radius 3 is 2.67 bits per heavy atom. The smallest absolute Gasteiger partial charge is 0.395 e. The molecule has 24 heavy (non-hydrogen) atoms. The summed E-state index contributed by atoms with van der Waals surface area (Å²) in [6, 6.07) is 5.29. The van der Waals surface area contributed by atoms with Crippen LogP contribution >= 0.6 is 0 Å². The van der Waals surface area contributed by atoms with Gasteiger partial charge in [-0.2, -0.15) is 5.10 Å². The van der Waals surface area contributed by atoms with Crippen LogP contribution < -0.4 is 20.1 Å². The molecule has 1 atom stereocenters. The molecule has 2 heterocycles. The van der Waals surface area contributed by atoms with Gasteiger partial charge in [0.2, 0.25) is 5.91 Å². The second-order valence-corrected chi connectivity index (χ2v) is 5.48. The van der Waals surface area contributed by atoms with E-state index in [1.165, 1.54) is 18.2 Å². The maximum atomic E-state index is 13.0. The minimum atomic E-state index is -3.68. The van der Waals surface area contributed by atoms with E-state index in [1.807, 2.05) is 13.0 Å². The molecule has 9 heteroatoms. The monoisotopic (exact) mass is 338 g/mol. The number of carbonyl (C=O) groups is 1. The van der Waals surface area contributed by atoms with Gasteiger partial charge in [0.05, 0.1) is 0 Å². The Morgan fingerprint density at radius 2 is 2.00 bits per heavy atom. The fourth-order valence-electron chi connectivity index (χ4n) is 2.20. The molecule has 1 aliphatic rings. The van der Waals surface area contributed by atoms with E-state index in [0.29, 0.717) is 11.5 Å². The highest BCUT2D eigenvalue weighted by Crippen LogP contribution is 2.42.